The highest BCUT2D eigenvalue weighted by atomic mass is 16.3. The van der Waals surface area contributed by atoms with Crippen LogP contribution in [-0.4, -0.2) is 36.2 Å². The van der Waals surface area contributed by atoms with Crippen molar-refractivity contribution in [2.75, 3.05) is 25.0 Å². The molecule has 3 aliphatic rings. The summed E-state index contributed by atoms with van der Waals surface area (Å²) >= 11 is 0. The van der Waals surface area contributed by atoms with Gasteiger partial charge in [0, 0.05) is 23.2 Å². The van der Waals surface area contributed by atoms with Crippen LogP contribution in [0.15, 0.2) is 28.7 Å². The molecule has 0 radical (unpaired) electrons. The van der Waals surface area contributed by atoms with E-state index < -0.39 is 0 Å². The fourth-order valence-corrected chi connectivity index (χ4v) is 4.64. The Balaban J connectivity index is 1.42. The number of nitrogens with zero attached hydrogens (tertiary/aromatic N) is 1. The quantitative estimate of drug-likeness (QED) is 0.624. The van der Waals surface area contributed by atoms with Crippen LogP contribution >= 0.6 is 0 Å². The molecule has 1 aromatic heterocycles. The molecule has 29 heavy (non-hydrogen) atoms. The van der Waals surface area contributed by atoms with E-state index in [9.17, 15) is 9.59 Å². The van der Waals surface area contributed by atoms with Gasteiger partial charge in [0.1, 0.15) is 11.5 Å². The maximum absolute atomic E-state index is 12.8. The molecule has 0 bridgehead atoms. The summed E-state index contributed by atoms with van der Waals surface area (Å²) in [5.41, 5.74) is 4.03. The molecule has 3 heterocycles. The number of furan rings is 1. The minimum Gasteiger partial charge on any atom is -0.461 e. The van der Waals surface area contributed by atoms with Crippen LogP contribution in [0.1, 0.15) is 65.1 Å². The van der Waals surface area contributed by atoms with E-state index in [-0.39, 0.29) is 11.7 Å². The zero-order valence-electron chi connectivity index (χ0n) is 16.6. The lowest BCUT2D eigenvalue weighted by Crippen LogP contribution is -2.34. The van der Waals surface area contributed by atoms with Crippen LogP contribution in [0.2, 0.25) is 0 Å². The number of ketones is 1. The van der Waals surface area contributed by atoms with E-state index in [1.807, 2.05) is 24.3 Å². The number of Topliss-reactive ketones (excluding diaryl/α,β-unsaturated/α-hetero) is 1. The Kier molecular flexibility index (Phi) is 4.84. The van der Waals surface area contributed by atoms with Gasteiger partial charge in [-0.15, -0.1) is 0 Å². The largest absolute Gasteiger partial charge is 0.461 e. The van der Waals surface area contributed by atoms with Crippen molar-refractivity contribution < 1.29 is 14.0 Å². The monoisotopic (exact) mass is 390 g/mol. The summed E-state index contributed by atoms with van der Waals surface area (Å²) in [7, 11) is 0. The Bertz CT molecular complexity index is 972. The number of likely N-dealkylation sites (tertiary alicyclic amines) is 1. The summed E-state index contributed by atoms with van der Waals surface area (Å²) in [4.78, 5) is 27.6. The number of fused-ring (bicyclic) bond motifs is 2. The van der Waals surface area contributed by atoms with Crippen LogP contribution in [0, 0.1) is 0 Å². The minimum atomic E-state index is -0.144. The lowest BCUT2D eigenvalue weighted by Gasteiger charge is -2.25. The standard InChI is InChI=1S/C24H26N2O3/c27-22(15-26-10-4-1-5-11-26)16-8-9-21-19(13-16)20(24(28)25-21)14-18-12-17-6-2-3-7-23(17)29-18/h8-9,12-14H,1-7,10-11,15H2,(H,25,28). The normalized spacial score (nSPS) is 20.4. The summed E-state index contributed by atoms with van der Waals surface area (Å²) < 4.78 is 5.98. The van der Waals surface area contributed by atoms with Crippen molar-refractivity contribution in [1.82, 2.24) is 4.90 Å². The van der Waals surface area contributed by atoms with Crippen LogP contribution in [0.4, 0.5) is 5.69 Å². The average molecular weight is 390 g/mol. The van der Waals surface area contributed by atoms with Crippen LogP contribution in [0.25, 0.3) is 11.6 Å². The molecule has 1 N–H and O–H groups in total. The highest BCUT2D eigenvalue weighted by Gasteiger charge is 2.26. The van der Waals surface area contributed by atoms with Gasteiger partial charge in [0.2, 0.25) is 0 Å². The van der Waals surface area contributed by atoms with Gasteiger partial charge in [-0.25, -0.2) is 0 Å². The molecule has 2 aliphatic heterocycles. The van der Waals surface area contributed by atoms with Crippen molar-refractivity contribution in [3.63, 3.8) is 0 Å². The van der Waals surface area contributed by atoms with Gasteiger partial charge in [0.05, 0.1) is 12.1 Å². The SMILES string of the molecule is O=C1Nc2ccc(C(=O)CN3CCCCC3)cc2C1=Cc1cc2c(o1)CCCC2. The number of aryl methyl sites for hydroxylation is 2. The van der Waals surface area contributed by atoms with E-state index in [1.54, 1.807) is 0 Å². The number of anilines is 1. The van der Waals surface area contributed by atoms with Crippen molar-refractivity contribution >= 4 is 29.0 Å². The molecule has 2 aromatic rings. The molecule has 1 aliphatic carbocycles. The molecule has 1 saturated heterocycles. The maximum atomic E-state index is 12.8. The Labute approximate surface area is 170 Å². The molecule has 0 unspecified atom stereocenters. The molecule has 150 valence electrons. The van der Waals surface area contributed by atoms with E-state index in [0.717, 1.165) is 68.0 Å². The lowest BCUT2D eigenvalue weighted by atomic mass is 9.98. The number of benzene rings is 1. The Morgan fingerprint density at radius 3 is 2.72 bits per heavy atom. The number of rotatable bonds is 4. The number of hydrogen-bond acceptors (Lipinski definition) is 4. The Hall–Kier alpha value is -2.66. The summed E-state index contributed by atoms with van der Waals surface area (Å²) in [6.45, 7) is 2.43. The molecule has 1 aromatic carbocycles. The third-order valence-corrected chi connectivity index (χ3v) is 6.24. The van der Waals surface area contributed by atoms with E-state index in [4.69, 9.17) is 4.42 Å². The number of nitrogens with one attached hydrogen (secondary N) is 1. The van der Waals surface area contributed by atoms with Gasteiger partial charge < -0.3 is 9.73 Å². The summed E-state index contributed by atoms with van der Waals surface area (Å²) in [6, 6.07) is 7.57. The third-order valence-electron chi connectivity index (χ3n) is 6.24. The van der Waals surface area contributed by atoms with E-state index in [2.05, 4.69) is 16.3 Å². The first-order valence-corrected chi connectivity index (χ1v) is 10.7. The Morgan fingerprint density at radius 1 is 1.07 bits per heavy atom. The number of hydrogen-bond donors (Lipinski definition) is 1. The van der Waals surface area contributed by atoms with Gasteiger partial charge in [0.25, 0.3) is 5.91 Å². The van der Waals surface area contributed by atoms with Gasteiger partial charge in [-0.1, -0.05) is 6.42 Å². The van der Waals surface area contributed by atoms with Crippen molar-refractivity contribution in [2.45, 2.75) is 44.9 Å². The van der Waals surface area contributed by atoms with E-state index in [0.29, 0.717) is 17.7 Å². The van der Waals surface area contributed by atoms with Crippen molar-refractivity contribution in [2.24, 2.45) is 0 Å². The smallest absolute Gasteiger partial charge is 0.256 e. The predicted molar refractivity (Wildman–Crippen MR) is 113 cm³/mol. The van der Waals surface area contributed by atoms with Crippen LogP contribution in [0.3, 0.4) is 0 Å². The van der Waals surface area contributed by atoms with Crippen molar-refractivity contribution in [3.05, 3.63) is 52.5 Å². The first-order valence-electron chi connectivity index (χ1n) is 10.7. The predicted octanol–water partition coefficient (Wildman–Crippen LogP) is 4.32. The molecule has 1 fully saturated rings. The number of amides is 1. The van der Waals surface area contributed by atoms with Crippen LogP contribution < -0.4 is 5.32 Å². The molecule has 5 heteroatoms. The first kappa shape index (κ1) is 18.4. The highest BCUT2D eigenvalue weighted by molar-refractivity contribution is 6.35. The Morgan fingerprint density at radius 2 is 1.90 bits per heavy atom. The molecular formula is C24H26N2O3. The van der Waals surface area contributed by atoms with Crippen LogP contribution in [0.5, 0.6) is 0 Å². The maximum Gasteiger partial charge on any atom is 0.256 e. The van der Waals surface area contributed by atoms with Crippen LogP contribution in [-0.2, 0) is 17.6 Å². The number of carbonyl (C=O) groups is 2. The molecule has 0 spiro atoms. The zero-order chi connectivity index (χ0) is 19.8. The highest BCUT2D eigenvalue weighted by Crippen LogP contribution is 2.35. The third kappa shape index (κ3) is 3.67. The second kappa shape index (κ2) is 7.64. The van der Waals surface area contributed by atoms with Gasteiger partial charge in [-0.3, -0.25) is 14.5 Å². The second-order valence-corrected chi connectivity index (χ2v) is 8.34. The average Bonchev–Trinajstić information content (AvgIpc) is 3.29. The topological polar surface area (TPSA) is 62.6 Å². The summed E-state index contributed by atoms with van der Waals surface area (Å²) in [5, 5.41) is 2.91. The van der Waals surface area contributed by atoms with Gasteiger partial charge >= 0.3 is 0 Å². The number of piperidine rings is 1. The minimum absolute atomic E-state index is 0.113. The van der Waals surface area contributed by atoms with Gasteiger partial charge in [-0.2, -0.15) is 0 Å². The van der Waals surface area contributed by atoms with Crippen molar-refractivity contribution in [1.29, 1.82) is 0 Å². The molecule has 5 rings (SSSR count). The fourth-order valence-electron chi connectivity index (χ4n) is 4.64. The van der Waals surface area contributed by atoms with E-state index in [1.165, 1.54) is 18.4 Å². The molecule has 5 nitrogen and oxygen atoms in total. The molecular weight excluding hydrogens is 364 g/mol. The van der Waals surface area contributed by atoms with Crippen molar-refractivity contribution in [3.8, 4) is 0 Å². The van der Waals surface area contributed by atoms with Gasteiger partial charge in [-0.05, 0) is 81.1 Å². The molecule has 0 atom stereocenters. The summed E-state index contributed by atoms with van der Waals surface area (Å²) in [6.07, 6.45) is 9.75. The van der Waals surface area contributed by atoms with Gasteiger partial charge in [0.15, 0.2) is 5.78 Å². The zero-order valence-corrected chi connectivity index (χ0v) is 16.6. The number of carbonyl (C=O) groups excluding carboxylic acids is 2. The lowest BCUT2D eigenvalue weighted by molar-refractivity contribution is -0.110. The summed E-state index contributed by atoms with van der Waals surface area (Å²) in [5.74, 6) is 1.74. The van der Waals surface area contributed by atoms with E-state index >= 15 is 0 Å². The second-order valence-electron chi connectivity index (χ2n) is 8.34. The fraction of sp³-hybridized carbons (Fsp3) is 0.417. The first-order chi connectivity index (χ1) is 14.2. The molecule has 1 amide bonds. The molecule has 0 saturated carbocycles.